The van der Waals surface area contributed by atoms with Crippen LogP contribution in [-0.2, 0) is 0 Å². The molecule has 76 valence electrons. The number of hydrogen-bond donors (Lipinski definition) is 2. The van der Waals surface area contributed by atoms with E-state index in [-0.39, 0.29) is 5.91 Å². The molecule has 0 aliphatic heterocycles. The molecule has 4 nitrogen and oxygen atoms in total. The topological polar surface area (TPSA) is 64.3 Å². The monoisotopic (exact) mass is 194 g/mol. The highest BCUT2D eigenvalue weighted by molar-refractivity contribution is 5.96. The number of carbonyl (C=O) groups is 1. The van der Waals surface area contributed by atoms with Crippen molar-refractivity contribution >= 4 is 5.91 Å². The minimum Gasteiger partial charge on any atom is -0.496 e. The normalized spacial score (nSPS) is 9.57. The summed E-state index contributed by atoms with van der Waals surface area (Å²) in [6.45, 7) is 0.901. The third-order valence-electron chi connectivity index (χ3n) is 1.78. The van der Waals surface area contributed by atoms with Crippen LogP contribution in [0.4, 0.5) is 0 Å². The Labute approximate surface area is 83.1 Å². The van der Waals surface area contributed by atoms with Gasteiger partial charge in [0.1, 0.15) is 5.75 Å². The molecule has 0 fully saturated rings. The van der Waals surface area contributed by atoms with Crippen LogP contribution in [0.1, 0.15) is 10.4 Å². The Bertz CT molecular complexity index is 313. The molecule has 0 saturated heterocycles. The number of rotatable bonds is 4. The lowest BCUT2D eigenvalue weighted by atomic mass is 10.2. The minimum absolute atomic E-state index is 0.159. The molecular weight excluding hydrogens is 180 g/mol. The fourth-order valence-corrected chi connectivity index (χ4v) is 1.11. The number of amides is 1. The van der Waals surface area contributed by atoms with Crippen LogP contribution in [0, 0.1) is 0 Å². The molecule has 0 saturated carbocycles. The van der Waals surface area contributed by atoms with E-state index in [1.165, 1.54) is 7.11 Å². The zero-order valence-electron chi connectivity index (χ0n) is 8.12. The van der Waals surface area contributed by atoms with Crippen LogP contribution in [0.5, 0.6) is 5.75 Å². The molecule has 0 bridgehead atoms. The van der Waals surface area contributed by atoms with E-state index in [4.69, 9.17) is 10.5 Å². The molecule has 1 aromatic carbocycles. The zero-order chi connectivity index (χ0) is 10.4. The minimum atomic E-state index is -0.159. The molecule has 0 aromatic heterocycles. The Balaban J connectivity index is 2.78. The van der Waals surface area contributed by atoms with Gasteiger partial charge in [0.25, 0.3) is 5.91 Å². The summed E-state index contributed by atoms with van der Waals surface area (Å²) in [5.74, 6) is 0.412. The van der Waals surface area contributed by atoms with Crippen molar-refractivity contribution < 1.29 is 9.53 Å². The number of hydrogen-bond acceptors (Lipinski definition) is 3. The molecule has 0 spiro atoms. The van der Waals surface area contributed by atoms with Gasteiger partial charge in [-0.25, -0.2) is 0 Å². The summed E-state index contributed by atoms with van der Waals surface area (Å²) in [5, 5.41) is 2.68. The molecular formula is C10H14N2O2. The first kappa shape index (κ1) is 10.5. The maximum atomic E-state index is 11.5. The molecule has 4 heteroatoms. The van der Waals surface area contributed by atoms with Gasteiger partial charge in [-0.15, -0.1) is 0 Å². The first-order chi connectivity index (χ1) is 6.79. The SMILES string of the molecule is COc1ccccc1C(=O)NCCN. The summed E-state index contributed by atoms with van der Waals surface area (Å²) >= 11 is 0. The number of carbonyl (C=O) groups excluding carboxylic acids is 1. The second kappa shape index (κ2) is 5.24. The van der Waals surface area contributed by atoms with Crippen molar-refractivity contribution in [3.05, 3.63) is 29.8 Å². The quantitative estimate of drug-likeness (QED) is 0.728. The van der Waals surface area contributed by atoms with Crippen LogP contribution in [-0.4, -0.2) is 26.1 Å². The molecule has 14 heavy (non-hydrogen) atoms. The van der Waals surface area contributed by atoms with Crippen molar-refractivity contribution in [2.24, 2.45) is 5.73 Å². The molecule has 0 aliphatic carbocycles. The maximum absolute atomic E-state index is 11.5. The van der Waals surface area contributed by atoms with Gasteiger partial charge in [0.15, 0.2) is 0 Å². The number of para-hydroxylation sites is 1. The average Bonchev–Trinajstić information content (AvgIpc) is 2.25. The lowest BCUT2D eigenvalue weighted by molar-refractivity contribution is 0.0952. The van der Waals surface area contributed by atoms with E-state index in [1.807, 2.05) is 6.07 Å². The summed E-state index contributed by atoms with van der Waals surface area (Å²) in [4.78, 5) is 11.5. The van der Waals surface area contributed by atoms with Crippen LogP contribution in [0.25, 0.3) is 0 Å². The van der Waals surface area contributed by atoms with Gasteiger partial charge in [-0.05, 0) is 12.1 Å². The number of nitrogens with one attached hydrogen (secondary N) is 1. The van der Waals surface area contributed by atoms with Crippen molar-refractivity contribution in [2.45, 2.75) is 0 Å². The van der Waals surface area contributed by atoms with E-state index >= 15 is 0 Å². The fraction of sp³-hybridized carbons (Fsp3) is 0.300. The van der Waals surface area contributed by atoms with E-state index in [9.17, 15) is 4.79 Å². The van der Waals surface area contributed by atoms with Crippen molar-refractivity contribution in [3.8, 4) is 5.75 Å². The van der Waals surface area contributed by atoms with Gasteiger partial charge >= 0.3 is 0 Å². The molecule has 0 radical (unpaired) electrons. The molecule has 3 N–H and O–H groups in total. The Morgan fingerprint density at radius 1 is 1.50 bits per heavy atom. The Morgan fingerprint density at radius 2 is 2.21 bits per heavy atom. The molecule has 1 rings (SSSR count). The first-order valence-electron chi connectivity index (χ1n) is 4.41. The van der Waals surface area contributed by atoms with Gasteiger partial charge < -0.3 is 15.8 Å². The van der Waals surface area contributed by atoms with Crippen molar-refractivity contribution in [2.75, 3.05) is 20.2 Å². The third kappa shape index (κ3) is 2.47. The Morgan fingerprint density at radius 3 is 2.86 bits per heavy atom. The number of benzene rings is 1. The average molecular weight is 194 g/mol. The molecule has 0 unspecified atom stereocenters. The third-order valence-corrected chi connectivity index (χ3v) is 1.78. The van der Waals surface area contributed by atoms with E-state index in [1.54, 1.807) is 18.2 Å². The number of ether oxygens (including phenoxy) is 1. The lowest BCUT2D eigenvalue weighted by Gasteiger charge is -2.07. The Hall–Kier alpha value is -1.55. The van der Waals surface area contributed by atoms with Crippen molar-refractivity contribution in [3.63, 3.8) is 0 Å². The summed E-state index contributed by atoms with van der Waals surface area (Å²) in [7, 11) is 1.54. The van der Waals surface area contributed by atoms with Gasteiger partial charge in [-0.1, -0.05) is 12.1 Å². The molecule has 0 heterocycles. The highest BCUT2D eigenvalue weighted by Crippen LogP contribution is 2.16. The van der Waals surface area contributed by atoms with Gasteiger partial charge in [0, 0.05) is 13.1 Å². The van der Waals surface area contributed by atoms with E-state index in [2.05, 4.69) is 5.32 Å². The summed E-state index contributed by atoms with van der Waals surface area (Å²) in [6, 6.07) is 7.07. The van der Waals surface area contributed by atoms with E-state index in [0.717, 1.165) is 0 Å². The van der Waals surface area contributed by atoms with Gasteiger partial charge in [-0.2, -0.15) is 0 Å². The zero-order valence-corrected chi connectivity index (χ0v) is 8.12. The molecule has 0 atom stereocenters. The lowest BCUT2D eigenvalue weighted by Crippen LogP contribution is -2.29. The summed E-state index contributed by atoms with van der Waals surface area (Å²) < 4.78 is 5.05. The summed E-state index contributed by atoms with van der Waals surface area (Å²) in [5.41, 5.74) is 5.81. The highest BCUT2D eigenvalue weighted by Gasteiger charge is 2.09. The van der Waals surface area contributed by atoms with Crippen LogP contribution >= 0.6 is 0 Å². The smallest absolute Gasteiger partial charge is 0.255 e. The summed E-state index contributed by atoms with van der Waals surface area (Å²) in [6.07, 6.45) is 0. The van der Waals surface area contributed by atoms with E-state index in [0.29, 0.717) is 24.4 Å². The highest BCUT2D eigenvalue weighted by atomic mass is 16.5. The standard InChI is InChI=1S/C10H14N2O2/c1-14-9-5-3-2-4-8(9)10(13)12-7-6-11/h2-5H,6-7,11H2,1H3,(H,12,13). The predicted octanol–water partition coefficient (Wildman–Crippen LogP) is 0.384. The van der Waals surface area contributed by atoms with Crippen LogP contribution < -0.4 is 15.8 Å². The van der Waals surface area contributed by atoms with Crippen LogP contribution in [0.2, 0.25) is 0 Å². The van der Waals surface area contributed by atoms with Crippen LogP contribution in [0.3, 0.4) is 0 Å². The second-order valence-corrected chi connectivity index (χ2v) is 2.74. The largest absolute Gasteiger partial charge is 0.496 e. The predicted molar refractivity (Wildman–Crippen MR) is 54.4 cm³/mol. The molecule has 1 amide bonds. The van der Waals surface area contributed by atoms with Crippen molar-refractivity contribution in [1.82, 2.24) is 5.32 Å². The molecule has 0 aliphatic rings. The van der Waals surface area contributed by atoms with Crippen molar-refractivity contribution in [1.29, 1.82) is 0 Å². The number of methoxy groups -OCH3 is 1. The maximum Gasteiger partial charge on any atom is 0.255 e. The van der Waals surface area contributed by atoms with E-state index < -0.39 is 0 Å². The van der Waals surface area contributed by atoms with Gasteiger partial charge in [0.2, 0.25) is 0 Å². The van der Waals surface area contributed by atoms with Crippen LogP contribution in [0.15, 0.2) is 24.3 Å². The Kier molecular flexibility index (Phi) is 3.94. The molecule has 1 aromatic rings. The first-order valence-corrected chi connectivity index (χ1v) is 4.41. The number of nitrogens with two attached hydrogens (primary N) is 1. The van der Waals surface area contributed by atoms with Gasteiger partial charge in [0.05, 0.1) is 12.7 Å². The fourth-order valence-electron chi connectivity index (χ4n) is 1.11. The van der Waals surface area contributed by atoms with Gasteiger partial charge in [-0.3, -0.25) is 4.79 Å². The second-order valence-electron chi connectivity index (χ2n) is 2.74.